The van der Waals surface area contributed by atoms with Crippen LogP contribution in [0.4, 0.5) is 0 Å². The summed E-state index contributed by atoms with van der Waals surface area (Å²) in [5.74, 6) is 0.596. The average Bonchev–Trinajstić information content (AvgIpc) is 2.79. The van der Waals surface area contributed by atoms with Crippen LogP contribution in [0.5, 0.6) is 0 Å². The van der Waals surface area contributed by atoms with Crippen molar-refractivity contribution in [2.45, 2.75) is 18.8 Å². The van der Waals surface area contributed by atoms with Gasteiger partial charge in [-0.2, -0.15) is 0 Å². The third-order valence-electron chi connectivity index (χ3n) is 3.15. The van der Waals surface area contributed by atoms with E-state index in [-0.39, 0.29) is 12.0 Å². The Balaban J connectivity index is 2.31. The summed E-state index contributed by atoms with van der Waals surface area (Å²) in [6.45, 7) is 2.42. The van der Waals surface area contributed by atoms with Crippen molar-refractivity contribution < 1.29 is 5.11 Å². The third-order valence-corrected chi connectivity index (χ3v) is 3.41. The number of hydrogen-bond acceptors (Lipinski definition) is 1. The van der Waals surface area contributed by atoms with Gasteiger partial charge in [0.2, 0.25) is 0 Å². The molecule has 1 N–H and O–H groups in total. The van der Waals surface area contributed by atoms with Crippen LogP contribution in [0.25, 0.3) is 0 Å². The molecule has 13 heavy (non-hydrogen) atoms. The quantitative estimate of drug-likeness (QED) is 0.771. The van der Waals surface area contributed by atoms with Crippen molar-refractivity contribution in [2.24, 2.45) is 5.92 Å². The summed E-state index contributed by atoms with van der Waals surface area (Å²) in [4.78, 5) is 0. The van der Waals surface area contributed by atoms with Gasteiger partial charge in [0.05, 0.1) is 6.61 Å². The van der Waals surface area contributed by atoms with E-state index in [2.05, 4.69) is 6.92 Å². The Bertz CT molecular complexity index is 302. The maximum absolute atomic E-state index is 9.32. The first-order valence-electron chi connectivity index (χ1n) is 4.56. The van der Waals surface area contributed by atoms with Crippen molar-refractivity contribution in [3.05, 3.63) is 34.9 Å². The second kappa shape index (κ2) is 3.00. The van der Waals surface area contributed by atoms with Gasteiger partial charge in [0.1, 0.15) is 0 Å². The molecular weight excluding hydrogens is 184 g/mol. The number of aliphatic hydroxyl groups excluding tert-OH is 1. The molecule has 0 aliphatic heterocycles. The molecular formula is C11H13ClO. The summed E-state index contributed by atoms with van der Waals surface area (Å²) in [5.41, 5.74) is 1.25. The maximum Gasteiger partial charge on any atom is 0.0530 e. The van der Waals surface area contributed by atoms with Gasteiger partial charge in [-0.25, -0.2) is 0 Å². The lowest BCUT2D eigenvalue weighted by Gasteiger charge is -2.13. The van der Waals surface area contributed by atoms with E-state index in [4.69, 9.17) is 11.6 Å². The summed E-state index contributed by atoms with van der Waals surface area (Å²) in [7, 11) is 0. The molecule has 1 aromatic carbocycles. The number of rotatable bonds is 2. The van der Waals surface area contributed by atoms with Crippen molar-refractivity contribution in [3.8, 4) is 0 Å². The van der Waals surface area contributed by atoms with Crippen LogP contribution in [0.15, 0.2) is 24.3 Å². The van der Waals surface area contributed by atoms with Crippen molar-refractivity contribution in [1.29, 1.82) is 0 Å². The fourth-order valence-electron chi connectivity index (χ4n) is 1.98. The molecule has 1 aliphatic carbocycles. The zero-order chi connectivity index (χ0) is 9.47. The molecule has 0 amide bonds. The van der Waals surface area contributed by atoms with Crippen LogP contribution >= 0.6 is 11.6 Å². The normalized spacial score (nSPS) is 31.8. The van der Waals surface area contributed by atoms with E-state index in [0.717, 1.165) is 11.4 Å². The molecule has 1 nitrogen and oxygen atoms in total. The van der Waals surface area contributed by atoms with E-state index in [0.29, 0.717) is 5.92 Å². The van der Waals surface area contributed by atoms with Crippen LogP contribution < -0.4 is 0 Å². The maximum atomic E-state index is 9.32. The summed E-state index contributed by atoms with van der Waals surface area (Å²) >= 11 is 5.80. The van der Waals surface area contributed by atoms with Gasteiger partial charge in [0, 0.05) is 10.4 Å². The molecule has 0 spiro atoms. The zero-order valence-electron chi connectivity index (χ0n) is 7.63. The standard InChI is InChI=1S/C11H13ClO/c1-8-6-11(8,7-13)9-2-4-10(12)5-3-9/h2-5,8,13H,6-7H2,1H3. The van der Waals surface area contributed by atoms with Crippen LogP contribution in [0.2, 0.25) is 5.02 Å². The highest BCUT2D eigenvalue weighted by Crippen LogP contribution is 2.53. The van der Waals surface area contributed by atoms with E-state index in [1.165, 1.54) is 5.56 Å². The molecule has 1 saturated carbocycles. The first-order chi connectivity index (χ1) is 6.19. The predicted octanol–water partition coefficient (Wildman–Crippen LogP) is 2.61. The van der Waals surface area contributed by atoms with Crippen LogP contribution in [0.3, 0.4) is 0 Å². The lowest BCUT2D eigenvalue weighted by atomic mass is 9.95. The fourth-order valence-corrected chi connectivity index (χ4v) is 2.11. The average molecular weight is 197 g/mol. The summed E-state index contributed by atoms with van der Waals surface area (Å²) in [5, 5.41) is 10.1. The van der Waals surface area contributed by atoms with Crippen LogP contribution in [-0.2, 0) is 5.41 Å². The zero-order valence-corrected chi connectivity index (χ0v) is 8.38. The molecule has 1 aromatic rings. The van der Waals surface area contributed by atoms with E-state index < -0.39 is 0 Å². The second-order valence-corrected chi connectivity index (χ2v) is 4.36. The molecule has 2 rings (SSSR count). The highest BCUT2D eigenvalue weighted by atomic mass is 35.5. The highest BCUT2D eigenvalue weighted by Gasteiger charge is 2.51. The Morgan fingerprint density at radius 1 is 1.46 bits per heavy atom. The van der Waals surface area contributed by atoms with E-state index in [1.54, 1.807) is 0 Å². The second-order valence-electron chi connectivity index (χ2n) is 3.93. The molecule has 70 valence electrons. The van der Waals surface area contributed by atoms with Gasteiger partial charge in [-0.3, -0.25) is 0 Å². The molecule has 0 aromatic heterocycles. The molecule has 0 saturated heterocycles. The smallest absolute Gasteiger partial charge is 0.0530 e. The first kappa shape index (κ1) is 9.04. The SMILES string of the molecule is CC1CC1(CO)c1ccc(Cl)cc1. The minimum absolute atomic E-state index is 0.0323. The highest BCUT2D eigenvalue weighted by molar-refractivity contribution is 6.30. The fraction of sp³-hybridized carbons (Fsp3) is 0.455. The van der Waals surface area contributed by atoms with E-state index in [1.807, 2.05) is 24.3 Å². The third kappa shape index (κ3) is 1.36. The number of hydrogen-bond donors (Lipinski definition) is 1. The minimum Gasteiger partial charge on any atom is -0.395 e. The van der Waals surface area contributed by atoms with Gasteiger partial charge in [-0.15, -0.1) is 0 Å². The largest absolute Gasteiger partial charge is 0.395 e. The molecule has 0 heterocycles. The van der Waals surface area contributed by atoms with Crippen molar-refractivity contribution in [2.75, 3.05) is 6.61 Å². The van der Waals surface area contributed by atoms with Crippen molar-refractivity contribution >= 4 is 11.6 Å². The Morgan fingerprint density at radius 2 is 2.00 bits per heavy atom. The van der Waals surface area contributed by atoms with Crippen LogP contribution in [-0.4, -0.2) is 11.7 Å². The van der Waals surface area contributed by atoms with Gasteiger partial charge in [0.15, 0.2) is 0 Å². The first-order valence-corrected chi connectivity index (χ1v) is 4.94. The van der Waals surface area contributed by atoms with Gasteiger partial charge in [0.25, 0.3) is 0 Å². The number of halogens is 1. The van der Waals surface area contributed by atoms with E-state index in [9.17, 15) is 5.11 Å². The number of benzene rings is 1. The van der Waals surface area contributed by atoms with Gasteiger partial charge < -0.3 is 5.11 Å². The lowest BCUT2D eigenvalue weighted by Crippen LogP contribution is -2.14. The van der Waals surface area contributed by atoms with Crippen molar-refractivity contribution in [1.82, 2.24) is 0 Å². The molecule has 2 atom stereocenters. The molecule has 1 fully saturated rings. The Morgan fingerprint density at radius 3 is 2.38 bits per heavy atom. The van der Waals surface area contributed by atoms with Gasteiger partial charge in [-0.05, 0) is 30.0 Å². The monoisotopic (exact) mass is 196 g/mol. The summed E-state index contributed by atoms with van der Waals surface area (Å²) in [6, 6.07) is 7.81. The molecule has 2 heteroatoms. The predicted molar refractivity (Wildman–Crippen MR) is 54.0 cm³/mol. The lowest BCUT2D eigenvalue weighted by molar-refractivity contribution is 0.247. The summed E-state index contributed by atoms with van der Waals surface area (Å²) in [6.07, 6.45) is 1.09. The Hall–Kier alpha value is -0.530. The van der Waals surface area contributed by atoms with Crippen molar-refractivity contribution in [3.63, 3.8) is 0 Å². The summed E-state index contributed by atoms with van der Waals surface area (Å²) < 4.78 is 0. The van der Waals surface area contributed by atoms with Crippen LogP contribution in [0, 0.1) is 5.92 Å². The van der Waals surface area contributed by atoms with Gasteiger partial charge >= 0.3 is 0 Å². The Kier molecular flexibility index (Phi) is 2.09. The number of aliphatic hydroxyl groups is 1. The topological polar surface area (TPSA) is 20.2 Å². The van der Waals surface area contributed by atoms with Gasteiger partial charge in [-0.1, -0.05) is 30.7 Å². The minimum atomic E-state index is 0.0323. The van der Waals surface area contributed by atoms with Crippen LogP contribution in [0.1, 0.15) is 18.9 Å². The molecule has 0 bridgehead atoms. The van der Waals surface area contributed by atoms with E-state index >= 15 is 0 Å². The molecule has 0 radical (unpaired) electrons. The Labute approximate surface area is 83.3 Å². The molecule has 1 aliphatic rings. The molecule has 2 unspecified atom stereocenters.